The van der Waals surface area contributed by atoms with Crippen LogP contribution in [0.2, 0.25) is 0 Å². The quantitative estimate of drug-likeness (QED) is 0.748. The minimum Gasteiger partial charge on any atom is -0.339 e. The maximum absolute atomic E-state index is 5.22. The molecule has 15 heavy (non-hydrogen) atoms. The third-order valence-corrected chi connectivity index (χ3v) is 2.88. The van der Waals surface area contributed by atoms with E-state index in [1.807, 2.05) is 7.05 Å². The molecule has 0 aromatic carbocycles. The molecule has 1 saturated heterocycles. The summed E-state index contributed by atoms with van der Waals surface area (Å²) in [4.78, 5) is 4.42. The van der Waals surface area contributed by atoms with Crippen molar-refractivity contribution >= 4 is 0 Å². The van der Waals surface area contributed by atoms with Crippen molar-refractivity contribution in [1.29, 1.82) is 0 Å². The van der Waals surface area contributed by atoms with Gasteiger partial charge in [-0.2, -0.15) is 4.98 Å². The molecule has 2 unspecified atom stereocenters. The molecule has 0 aliphatic carbocycles. The van der Waals surface area contributed by atoms with Gasteiger partial charge in [0.15, 0.2) is 5.82 Å². The highest BCUT2D eigenvalue weighted by Crippen LogP contribution is 2.19. The van der Waals surface area contributed by atoms with E-state index < -0.39 is 0 Å². The van der Waals surface area contributed by atoms with E-state index in [4.69, 9.17) is 4.52 Å². The SMILES string of the molecule is CNC(C)Cc1nc(C2CCNC2)no1. The molecule has 2 rings (SSSR count). The predicted octanol–water partition coefficient (Wildman–Crippen LogP) is 0.297. The Balaban J connectivity index is 1.97. The van der Waals surface area contributed by atoms with Gasteiger partial charge in [0.1, 0.15) is 0 Å². The van der Waals surface area contributed by atoms with Crippen LogP contribution in [0.25, 0.3) is 0 Å². The van der Waals surface area contributed by atoms with Gasteiger partial charge >= 0.3 is 0 Å². The van der Waals surface area contributed by atoms with Gasteiger partial charge in [-0.15, -0.1) is 0 Å². The molecule has 5 heteroatoms. The first kappa shape index (κ1) is 10.6. The van der Waals surface area contributed by atoms with Crippen molar-refractivity contribution in [3.05, 3.63) is 11.7 Å². The molecular formula is C10H18N4O. The monoisotopic (exact) mass is 210 g/mol. The molecule has 1 aromatic heterocycles. The summed E-state index contributed by atoms with van der Waals surface area (Å²) in [5, 5.41) is 10.5. The maximum Gasteiger partial charge on any atom is 0.228 e. The molecule has 1 fully saturated rings. The summed E-state index contributed by atoms with van der Waals surface area (Å²) < 4.78 is 5.22. The molecule has 0 spiro atoms. The van der Waals surface area contributed by atoms with E-state index in [9.17, 15) is 0 Å². The van der Waals surface area contributed by atoms with Crippen LogP contribution in [0.5, 0.6) is 0 Å². The summed E-state index contributed by atoms with van der Waals surface area (Å²) in [5.74, 6) is 2.03. The van der Waals surface area contributed by atoms with Crippen LogP contribution in [0.15, 0.2) is 4.52 Å². The summed E-state index contributed by atoms with van der Waals surface area (Å²) in [6.45, 7) is 4.13. The summed E-state index contributed by atoms with van der Waals surface area (Å²) in [7, 11) is 1.93. The summed E-state index contributed by atoms with van der Waals surface area (Å²) in [5.41, 5.74) is 0. The molecule has 84 valence electrons. The number of hydrogen-bond donors (Lipinski definition) is 2. The molecule has 0 amide bonds. The number of hydrogen-bond acceptors (Lipinski definition) is 5. The highest BCUT2D eigenvalue weighted by molar-refractivity contribution is 5.00. The fourth-order valence-electron chi connectivity index (χ4n) is 1.76. The van der Waals surface area contributed by atoms with Crippen molar-refractivity contribution in [2.24, 2.45) is 0 Å². The third-order valence-electron chi connectivity index (χ3n) is 2.88. The zero-order valence-corrected chi connectivity index (χ0v) is 9.29. The van der Waals surface area contributed by atoms with Crippen molar-refractivity contribution < 1.29 is 4.52 Å². The lowest BCUT2D eigenvalue weighted by atomic mass is 10.1. The minimum absolute atomic E-state index is 0.375. The van der Waals surface area contributed by atoms with Crippen LogP contribution in [0.4, 0.5) is 0 Å². The van der Waals surface area contributed by atoms with Crippen LogP contribution in [0.1, 0.15) is 31.0 Å². The molecular weight excluding hydrogens is 192 g/mol. The van der Waals surface area contributed by atoms with Gasteiger partial charge < -0.3 is 15.2 Å². The largest absolute Gasteiger partial charge is 0.339 e. The smallest absolute Gasteiger partial charge is 0.228 e. The molecule has 0 radical (unpaired) electrons. The molecule has 0 saturated carbocycles. The van der Waals surface area contributed by atoms with Crippen LogP contribution < -0.4 is 10.6 Å². The first-order valence-corrected chi connectivity index (χ1v) is 5.50. The first-order valence-electron chi connectivity index (χ1n) is 5.50. The molecule has 2 atom stereocenters. The molecule has 1 aliphatic rings. The fraction of sp³-hybridized carbons (Fsp3) is 0.800. The highest BCUT2D eigenvalue weighted by Gasteiger charge is 2.22. The Kier molecular flexibility index (Phi) is 3.33. The van der Waals surface area contributed by atoms with Gasteiger partial charge in [0.25, 0.3) is 0 Å². The highest BCUT2D eigenvalue weighted by atomic mass is 16.5. The second-order valence-corrected chi connectivity index (χ2v) is 4.13. The van der Waals surface area contributed by atoms with E-state index >= 15 is 0 Å². The van der Waals surface area contributed by atoms with E-state index in [1.165, 1.54) is 0 Å². The van der Waals surface area contributed by atoms with Gasteiger partial charge in [0, 0.05) is 24.9 Å². The summed E-state index contributed by atoms with van der Waals surface area (Å²) in [6, 6.07) is 0.375. The zero-order valence-electron chi connectivity index (χ0n) is 9.29. The molecule has 5 nitrogen and oxygen atoms in total. The Bertz CT molecular complexity index is 306. The number of likely N-dealkylation sites (N-methyl/N-ethyl adjacent to an activating group) is 1. The van der Waals surface area contributed by atoms with Gasteiger partial charge in [0.2, 0.25) is 5.89 Å². The van der Waals surface area contributed by atoms with Gasteiger partial charge in [-0.3, -0.25) is 0 Å². The normalized spacial score (nSPS) is 23.2. The lowest BCUT2D eigenvalue weighted by Gasteiger charge is -2.04. The Morgan fingerprint density at radius 1 is 1.67 bits per heavy atom. The van der Waals surface area contributed by atoms with Gasteiger partial charge in [-0.1, -0.05) is 5.16 Å². The van der Waals surface area contributed by atoms with Crippen LogP contribution in [-0.2, 0) is 6.42 Å². The lowest BCUT2D eigenvalue weighted by molar-refractivity contribution is 0.358. The number of rotatable bonds is 4. The Labute approximate surface area is 89.6 Å². The van der Waals surface area contributed by atoms with E-state index in [2.05, 4.69) is 27.7 Å². The average molecular weight is 210 g/mol. The molecule has 1 aromatic rings. The average Bonchev–Trinajstić information content (AvgIpc) is 2.85. The van der Waals surface area contributed by atoms with Crippen LogP contribution >= 0.6 is 0 Å². The third kappa shape index (κ3) is 2.54. The minimum atomic E-state index is 0.375. The van der Waals surface area contributed by atoms with Gasteiger partial charge in [-0.25, -0.2) is 0 Å². The van der Waals surface area contributed by atoms with Crippen molar-refractivity contribution in [3.8, 4) is 0 Å². The van der Waals surface area contributed by atoms with E-state index in [0.717, 1.165) is 37.6 Å². The second-order valence-electron chi connectivity index (χ2n) is 4.13. The van der Waals surface area contributed by atoms with E-state index in [1.54, 1.807) is 0 Å². The summed E-state index contributed by atoms with van der Waals surface area (Å²) in [6.07, 6.45) is 1.91. The molecule has 0 bridgehead atoms. The van der Waals surface area contributed by atoms with Crippen molar-refractivity contribution in [2.45, 2.75) is 31.7 Å². The van der Waals surface area contributed by atoms with Gasteiger partial charge in [-0.05, 0) is 26.9 Å². The van der Waals surface area contributed by atoms with Crippen molar-refractivity contribution in [3.63, 3.8) is 0 Å². The van der Waals surface area contributed by atoms with Crippen LogP contribution in [0, 0.1) is 0 Å². The van der Waals surface area contributed by atoms with Gasteiger partial charge in [0.05, 0.1) is 0 Å². The molecule has 2 heterocycles. The lowest BCUT2D eigenvalue weighted by Crippen LogP contribution is -2.23. The number of nitrogens with zero attached hydrogens (tertiary/aromatic N) is 2. The first-order chi connectivity index (χ1) is 7.29. The number of aromatic nitrogens is 2. The molecule has 2 N–H and O–H groups in total. The zero-order chi connectivity index (χ0) is 10.7. The Hall–Kier alpha value is -0.940. The van der Waals surface area contributed by atoms with Crippen molar-refractivity contribution in [1.82, 2.24) is 20.8 Å². The standard InChI is InChI=1S/C10H18N4O/c1-7(11-2)5-9-13-10(14-15-9)8-3-4-12-6-8/h7-8,11-12H,3-6H2,1-2H3. The van der Waals surface area contributed by atoms with Crippen molar-refractivity contribution in [2.75, 3.05) is 20.1 Å². The topological polar surface area (TPSA) is 63.0 Å². The Morgan fingerprint density at radius 2 is 2.53 bits per heavy atom. The Morgan fingerprint density at radius 3 is 3.20 bits per heavy atom. The van der Waals surface area contributed by atoms with Crippen LogP contribution in [0.3, 0.4) is 0 Å². The van der Waals surface area contributed by atoms with Crippen LogP contribution in [-0.4, -0.2) is 36.3 Å². The fourth-order valence-corrected chi connectivity index (χ4v) is 1.76. The maximum atomic E-state index is 5.22. The second kappa shape index (κ2) is 4.72. The molecule has 1 aliphatic heterocycles. The number of nitrogens with one attached hydrogen (secondary N) is 2. The van der Waals surface area contributed by atoms with E-state index in [-0.39, 0.29) is 0 Å². The predicted molar refractivity (Wildman–Crippen MR) is 56.8 cm³/mol. The summed E-state index contributed by atoms with van der Waals surface area (Å²) >= 11 is 0. The van der Waals surface area contributed by atoms with E-state index in [0.29, 0.717) is 12.0 Å².